The van der Waals surface area contributed by atoms with Gasteiger partial charge in [-0.15, -0.1) is 0 Å². The molecule has 2 aliphatic rings. The number of carbonyl (C=O) groups is 3. The topological polar surface area (TPSA) is 90.0 Å². The molecule has 1 heterocycles. The number of imide groups is 1. The summed E-state index contributed by atoms with van der Waals surface area (Å²) in [5.74, 6) is -1.52. The zero-order valence-corrected chi connectivity index (χ0v) is 17.2. The highest BCUT2D eigenvalue weighted by molar-refractivity contribution is 6.01. The van der Waals surface area contributed by atoms with E-state index in [4.69, 9.17) is 0 Å². The molecule has 1 saturated carbocycles. The highest BCUT2D eigenvalue weighted by Gasteiger charge is 2.46. The van der Waals surface area contributed by atoms with E-state index in [0.29, 0.717) is 17.7 Å². The van der Waals surface area contributed by atoms with Gasteiger partial charge in [0.1, 0.15) is 6.04 Å². The maximum Gasteiger partial charge on any atom is 0.416 e. The Balaban J connectivity index is 2.14. The standard InChI is InChI=1S/C21H24F3N3O4/c1-12-16(18(28)29)17(14-10-6-7-11-15(14)21(22,23)24)27(19(30)25-12)20(31)26(2)13-8-4-3-5-9-13/h6-7,10-11,13,17H,3-5,8-9H2,1-2H3,(H,25,30)(H,28,29). The summed E-state index contributed by atoms with van der Waals surface area (Å²) in [7, 11) is 1.49. The van der Waals surface area contributed by atoms with Crippen LogP contribution in [-0.2, 0) is 11.0 Å². The number of benzene rings is 1. The number of allylic oxidation sites excluding steroid dienone is 1. The molecule has 1 aromatic rings. The largest absolute Gasteiger partial charge is 0.478 e. The molecule has 0 bridgehead atoms. The third-order valence-electron chi connectivity index (χ3n) is 5.87. The second-order valence-corrected chi connectivity index (χ2v) is 7.82. The van der Waals surface area contributed by atoms with Gasteiger partial charge in [0.2, 0.25) is 0 Å². The lowest BCUT2D eigenvalue weighted by Gasteiger charge is -2.41. The minimum atomic E-state index is -4.80. The summed E-state index contributed by atoms with van der Waals surface area (Å²) in [6.07, 6.45) is -0.561. The molecule has 1 aliphatic heterocycles. The number of hydrogen-bond donors (Lipinski definition) is 2. The lowest BCUT2D eigenvalue weighted by molar-refractivity contribution is -0.139. The van der Waals surface area contributed by atoms with Crippen LogP contribution in [0.15, 0.2) is 35.5 Å². The van der Waals surface area contributed by atoms with Gasteiger partial charge in [-0.2, -0.15) is 13.2 Å². The van der Waals surface area contributed by atoms with E-state index in [-0.39, 0.29) is 11.7 Å². The van der Waals surface area contributed by atoms with Gasteiger partial charge in [0, 0.05) is 18.8 Å². The van der Waals surface area contributed by atoms with Crippen molar-refractivity contribution in [1.29, 1.82) is 0 Å². The third-order valence-corrected chi connectivity index (χ3v) is 5.87. The predicted octanol–water partition coefficient (Wildman–Crippen LogP) is 4.51. The average Bonchev–Trinajstić information content (AvgIpc) is 2.72. The Kier molecular flexibility index (Phi) is 6.28. The van der Waals surface area contributed by atoms with Gasteiger partial charge in [-0.3, -0.25) is 0 Å². The molecule has 0 spiro atoms. The van der Waals surface area contributed by atoms with E-state index in [1.807, 2.05) is 0 Å². The van der Waals surface area contributed by atoms with Crippen LogP contribution in [0.4, 0.5) is 22.8 Å². The Morgan fingerprint density at radius 1 is 1.16 bits per heavy atom. The third kappa shape index (κ3) is 4.38. The van der Waals surface area contributed by atoms with Crippen LogP contribution in [0.3, 0.4) is 0 Å². The van der Waals surface area contributed by atoms with Crippen molar-refractivity contribution in [2.24, 2.45) is 0 Å². The molecule has 3 rings (SSSR count). The summed E-state index contributed by atoms with van der Waals surface area (Å²) in [6, 6.07) is 0.712. The summed E-state index contributed by atoms with van der Waals surface area (Å²) in [6.45, 7) is 1.29. The van der Waals surface area contributed by atoms with Crippen LogP contribution in [0.25, 0.3) is 0 Å². The quantitative estimate of drug-likeness (QED) is 0.725. The number of aliphatic carboxylic acids is 1. The van der Waals surface area contributed by atoms with Crippen molar-refractivity contribution < 1.29 is 32.7 Å². The SMILES string of the molecule is CC1=C(C(=O)O)C(c2ccccc2C(F)(F)F)N(C(=O)N(C)C2CCCCC2)C(=O)N1. The van der Waals surface area contributed by atoms with Gasteiger partial charge >= 0.3 is 24.2 Å². The van der Waals surface area contributed by atoms with Crippen molar-refractivity contribution in [3.05, 3.63) is 46.7 Å². The number of nitrogens with zero attached hydrogens (tertiary/aromatic N) is 2. The molecule has 0 radical (unpaired) electrons. The molecule has 1 unspecified atom stereocenters. The molecule has 1 aliphatic carbocycles. The fourth-order valence-electron chi connectivity index (χ4n) is 4.30. The van der Waals surface area contributed by atoms with Crippen molar-refractivity contribution in [2.75, 3.05) is 7.05 Å². The molecule has 1 atom stereocenters. The van der Waals surface area contributed by atoms with E-state index in [9.17, 15) is 32.7 Å². The van der Waals surface area contributed by atoms with E-state index >= 15 is 0 Å². The summed E-state index contributed by atoms with van der Waals surface area (Å²) in [5, 5.41) is 12.1. The lowest BCUT2D eigenvalue weighted by Crippen LogP contribution is -2.56. The molecule has 0 saturated heterocycles. The van der Waals surface area contributed by atoms with Crippen LogP contribution >= 0.6 is 0 Å². The van der Waals surface area contributed by atoms with Crippen LogP contribution in [0.2, 0.25) is 0 Å². The van der Waals surface area contributed by atoms with Gasteiger partial charge in [0.25, 0.3) is 0 Å². The number of halogens is 3. The van der Waals surface area contributed by atoms with Crippen LogP contribution in [0, 0.1) is 0 Å². The van der Waals surface area contributed by atoms with E-state index in [0.717, 1.165) is 31.4 Å². The Labute approximate surface area is 177 Å². The van der Waals surface area contributed by atoms with Crippen molar-refractivity contribution >= 4 is 18.0 Å². The smallest absolute Gasteiger partial charge is 0.416 e. The minimum absolute atomic E-state index is 0.108. The Bertz CT molecular complexity index is 923. The molecule has 7 nitrogen and oxygen atoms in total. The first kappa shape index (κ1) is 22.6. The van der Waals surface area contributed by atoms with E-state index in [1.54, 1.807) is 0 Å². The predicted molar refractivity (Wildman–Crippen MR) is 105 cm³/mol. The summed E-state index contributed by atoms with van der Waals surface area (Å²) in [4.78, 5) is 40.1. The average molecular weight is 439 g/mol. The Morgan fingerprint density at radius 3 is 2.35 bits per heavy atom. The van der Waals surface area contributed by atoms with Gasteiger partial charge in [0.15, 0.2) is 0 Å². The second-order valence-electron chi connectivity index (χ2n) is 7.82. The van der Waals surface area contributed by atoms with E-state index in [2.05, 4.69) is 5.32 Å². The monoisotopic (exact) mass is 439 g/mol. The van der Waals surface area contributed by atoms with Crippen molar-refractivity contribution in [3.63, 3.8) is 0 Å². The van der Waals surface area contributed by atoms with Gasteiger partial charge < -0.3 is 15.3 Å². The first-order valence-corrected chi connectivity index (χ1v) is 10.0. The van der Waals surface area contributed by atoms with Gasteiger partial charge in [-0.05, 0) is 31.4 Å². The summed E-state index contributed by atoms with van der Waals surface area (Å²) < 4.78 is 41.2. The maximum atomic E-state index is 13.7. The summed E-state index contributed by atoms with van der Waals surface area (Å²) >= 11 is 0. The highest BCUT2D eigenvalue weighted by atomic mass is 19.4. The molecule has 2 N–H and O–H groups in total. The molecular formula is C21H24F3N3O4. The Hall–Kier alpha value is -3.04. The number of carboxylic acids is 1. The molecule has 168 valence electrons. The number of urea groups is 2. The normalized spacial score (nSPS) is 20.5. The maximum absolute atomic E-state index is 13.7. The van der Waals surface area contributed by atoms with Crippen LogP contribution in [0.5, 0.6) is 0 Å². The molecular weight excluding hydrogens is 415 g/mol. The molecule has 1 aromatic carbocycles. The zero-order chi connectivity index (χ0) is 22.9. The van der Waals surface area contributed by atoms with Crippen LogP contribution in [0.1, 0.15) is 56.2 Å². The number of alkyl halides is 3. The second kappa shape index (κ2) is 8.60. The van der Waals surface area contributed by atoms with E-state index < -0.39 is 46.9 Å². The van der Waals surface area contributed by atoms with Crippen LogP contribution in [-0.4, -0.2) is 46.0 Å². The fourth-order valence-corrected chi connectivity index (χ4v) is 4.30. The number of nitrogens with one attached hydrogen (secondary N) is 1. The first-order valence-electron chi connectivity index (χ1n) is 10.0. The first-order chi connectivity index (χ1) is 14.5. The van der Waals surface area contributed by atoms with Crippen molar-refractivity contribution in [2.45, 2.75) is 57.3 Å². The number of rotatable bonds is 3. The number of amides is 4. The van der Waals surface area contributed by atoms with Crippen molar-refractivity contribution in [1.82, 2.24) is 15.1 Å². The molecule has 4 amide bonds. The molecule has 1 fully saturated rings. The number of carboxylic acid groups (broad SMARTS) is 1. The summed E-state index contributed by atoms with van der Waals surface area (Å²) in [5.41, 5.74) is -2.16. The fraction of sp³-hybridized carbons (Fsp3) is 0.476. The number of carbonyl (C=O) groups excluding carboxylic acids is 2. The van der Waals surface area contributed by atoms with Crippen LogP contribution < -0.4 is 5.32 Å². The minimum Gasteiger partial charge on any atom is -0.478 e. The Morgan fingerprint density at radius 2 is 1.77 bits per heavy atom. The molecule has 10 heteroatoms. The lowest BCUT2D eigenvalue weighted by atomic mass is 9.90. The molecule has 31 heavy (non-hydrogen) atoms. The van der Waals surface area contributed by atoms with Crippen molar-refractivity contribution in [3.8, 4) is 0 Å². The highest BCUT2D eigenvalue weighted by Crippen LogP contribution is 2.41. The van der Waals surface area contributed by atoms with Gasteiger partial charge in [0.05, 0.1) is 11.1 Å². The zero-order valence-electron chi connectivity index (χ0n) is 17.2. The number of hydrogen-bond acceptors (Lipinski definition) is 3. The van der Waals surface area contributed by atoms with Gasteiger partial charge in [-0.1, -0.05) is 37.5 Å². The molecule has 0 aromatic heterocycles. The van der Waals surface area contributed by atoms with E-state index in [1.165, 1.54) is 31.0 Å². The van der Waals surface area contributed by atoms with Gasteiger partial charge in [-0.25, -0.2) is 19.3 Å².